The Morgan fingerprint density at radius 3 is 2.76 bits per heavy atom. The van der Waals surface area contributed by atoms with Gasteiger partial charge in [0.1, 0.15) is 5.75 Å². The average molecular weight is 281 g/mol. The Labute approximate surface area is 127 Å². The molecule has 0 atom stereocenters. The Bertz CT molecular complexity index is 565. The summed E-state index contributed by atoms with van der Waals surface area (Å²) in [5.41, 5.74) is 4.02. The summed E-state index contributed by atoms with van der Waals surface area (Å²) in [5, 5.41) is 3.47. The SMILES string of the molecule is c1ccc(CCCCOc2cccc3c2NCCC3)cc1. The second-order valence-corrected chi connectivity index (χ2v) is 5.61. The van der Waals surface area contributed by atoms with E-state index in [0.29, 0.717) is 0 Å². The number of benzene rings is 2. The van der Waals surface area contributed by atoms with E-state index in [-0.39, 0.29) is 0 Å². The first kappa shape index (κ1) is 14.0. The Hall–Kier alpha value is -1.96. The molecule has 2 aromatic carbocycles. The maximum absolute atomic E-state index is 5.98. The minimum atomic E-state index is 0.797. The first-order chi connectivity index (χ1) is 10.4. The first-order valence-electron chi connectivity index (χ1n) is 7.96. The van der Waals surface area contributed by atoms with Crippen molar-refractivity contribution in [3.8, 4) is 5.75 Å². The number of unbranched alkanes of at least 4 members (excludes halogenated alkanes) is 1. The molecule has 0 saturated heterocycles. The maximum atomic E-state index is 5.98. The van der Waals surface area contributed by atoms with Crippen molar-refractivity contribution in [1.82, 2.24) is 0 Å². The summed E-state index contributed by atoms with van der Waals surface area (Å²) in [6.07, 6.45) is 5.78. The van der Waals surface area contributed by atoms with Crippen molar-refractivity contribution in [3.05, 3.63) is 59.7 Å². The molecule has 110 valence electrons. The van der Waals surface area contributed by atoms with E-state index in [9.17, 15) is 0 Å². The average Bonchev–Trinajstić information content (AvgIpc) is 2.56. The summed E-state index contributed by atoms with van der Waals surface area (Å²) < 4.78 is 5.98. The van der Waals surface area contributed by atoms with E-state index in [0.717, 1.165) is 38.2 Å². The second kappa shape index (κ2) is 7.16. The molecule has 0 aliphatic carbocycles. The number of rotatable bonds is 6. The monoisotopic (exact) mass is 281 g/mol. The summed E-state index contributed by atoms with van der Waals surface area (Å²) in [7, 11) is 0. The van der Waals surface area contributed by atoms with Crippen molar-refractivity contribution in [3.63, 3.8) is 0 Å². The lowest BCUT2D eigenvalue weighted by atomic mass is 10.0. The molecule has 0 unspecified atom stereocenters. The predicted octanol–water partition coefficient (Wildman–Crippen LogP) is 4.45. The molecule has 2 aromatic rings. The van der Waals surface area contributed by atoms with Gasteiger partial charge in [-0.05, 0) is 49.3 Å². The Morgan fingerprint density at radius 2 is 1.86 bits per heavy atom. The number of hydrogen-bond acceptors (Lipinski definition) is 2. The molecule has 1 N–H and O–H groups in total. The number of anilines is 1. The zero-order valence-electron chi connectivity index (χ0n) is 12.5. The van der Waals surface area contributed by atoms with Gasteiger partial charge in [-0.25, -0.2) is 0 Å². The van der Waals surface area contributed by atoms with E-state index < -0.39 is 0 Å². The van der Waals surface area contributed by atoms with Crippen molar-refractivity contribution in [2.75, 3.05) is 18.5 Å². The number of aryl methyl sites for hydroxylation is 2. The first-order valence-corrected chi connectivity index (χ1v) is 7.96. The summed E-state index contributed by atoms with van der Waals surface area (Å²) in [5.74, 6) is 1.02. The number of ether oxygens (including phenoxy) is 1. The van der Waals surface area contributed by atoms with Crippen LogP contribution in [0.25, 0.3) is 0 Å². The molecule has 21 heavy (non-hydrogen) atoms. The van der Waals surface area contributed by atoms with Crippen LogP contribution >= 0.6 is 0 Å². The van der Waals surface area contributed by atoms with Gasteiger partial charge in [0.15, 0.2) is 0 Å². The van der Waals surface area contributed by atoms with Gasteiger partial charge in [0.2, 0.25) is 0 Å². The molecule has 0 saturated carbocycles. The van der Waals surface area contributed by atoms with Crippen molar-refractivity contribution in [1.29, 1.82) is 0 Å². The van der Waals surface area contributed by atoms with Crippen molar-refractivity contribution >= 4 is 5.69 Å². The molecule has 0 amide bonds. The van der Waals surface area contributed by atoms with Crippen LogP contribution in [0.5, 0.6) is 5.75 Å². The van der Waals surface area contributed by atoms with Gasteiger partial charge in [0.05, 0.1) is 12.3 Å². The topological polar surface area (TPSA) is 21.3 Å². The lowest BCUT2D eigenvalue weighted by molar-refractivity contribution is 0.307. The van der Waals surface area contributed by atoms with Gasteiger partial charge in [0, 0.05) is 6.54 Å². The van der Waals surface area contributed by atoms with Crippen molar-refractivity contribution in [2.45, 2.75) is 32.1 Å². The molecular formula is C19H23NO. The zero-order valence-corrected chi connectivity index (χ0v) is 12.5. The van der Waals surface area contributed by atoms with Gasteiger partial charge in [-0.15, -0.1) is 0 Å². The van der Waals surface area contributed by atoms with Gasteiger partial charge < -0.3 is 10.1 Å². The quantitative estimate of drug-likeness (QED) is 0.790. The van der Waals surface area contributed by atoms with Gasteiger partial charge in [-0.3, -0.25) is 0 Å². The van der Waals surface area contributed by atoms with Crippen molar-refractivity contribution in [2.24, 2.45) is 0 Å². The zero-order chi connectivity index (χ0) is 14.3. The number of fused-ring (bicyclic) bond motifs is 1. The molecule has 0 radical (unpaired) electrons. The van der Waals surface area contributed by atoms with E-state index in [1.807, 2.05) is 0 Å². The van der Waals surface area contributed by atoms with Crippen LogP contribution in [0.2, 0.25) is 0 Å². The minimum absolute atomic E-state index is 0.797. The summed E-state index contributed by atoms with van der Waals surface area (Å²) >= 11 is 0. The fourth-order valence-electron chi connectivity index (χ4n) is 2.86. The molecule has 1 aliphatic rings. The van der Waals surface area contributed by atoms with Gasteiger partial charge in [-0.1, -0.05) is 42.5 Å². The molecule has 0 bridgehead atoms. The van der Waals surface area contributed by atoms with E-state index in [1.54, 1.807) is 0 Å². The lowest BCUT2D eigenvalue weighted by Crippen LogP contribution is -2.13. The van der Waals surface area contributed by atoms with E-state index in [1.165, 1.54) is 29.7 Å². The van der Waals surface area contributed by atoms with Crippen LogP contribution in [0.1, 0.15) is 30.4 Å². The number of para-hydroxylation sites is 1. The van der Waals surface area contributed by atoms with Crippen LogP contribution in [0.15, 0.2) is 48.5 Å². The molecule has 3 rings (SSSR count). The van der Waals surface area contributed by atoms with Crippen LogP contribution in [0.4, 0.5) is 5.69 Å². The van der Waals surface area contributed by atoms with Crippen LogP contribution in [0.3, 0.4) is 0 Å². The highest BCUT2D eigenvalue weighted by atomic mass is 16.5. The summed E-state index contributed by atoms with van der Waals surface area (Å²) in [4.78, 5) is 0. The number of hydrogen-bond donors (Lipinski definition) is 1. The molecular weight excluding hydrogens is 258 g/mol. The van der Waals surface area contributed by atoms with Gasteiger partial charge >= 0.3 is 0 Å². The van der Waals surface area contributed by atoms with Gasteiger partial charge in [0.25, 0.3) is 0 Å². The lowest BCUT2D eigenvalue weighted by Gasteiger charge is -2.21. The normalized spacial score (nSPS) is 13.3. The Balaban J connectivity index is 1.45. The largest absolute Gasteiger partial charge is 0.491 e. The molecule has 1 heterocycles. The van der Waals surface area contributed by atoms with Gasteiger partial charge in [-0.2, -0.15) is 0 Å². The van der Waals surface area contributed by atoms with Crippen LogP contribution in [-0.4, -0.2) is 13.2 Å². The molecule has 0 aromatic heterocycles. The third kappa shape index (κ3) is 3.78. The fourth-order valence-corrected chi connectivity index (χ4v) is 2.86. The molecule has 2 nitrogen and oxygen atoms in total. The number of nitrogens with one attached hydrogen (secondary N) is 1. The minimum Gasteiger partial charge on any atom is -0.491 e. The van der Waals surface area contributed by atoms with Crippen LogP contribution < -0.4 is 10.1 Å². The highest BCUT2D eigenvalue weighted by molar-refractivity contribution is 5.63. The summed E-state index contributed by atoms with van der Waals surface area (Å²) in [6.45, 7) is 1.85. The third-order valence-electron chi connectivity index (χ3n) is 4.00. The fraction of sp³-hybridized carbons (Fsp3) is 0.368. The van der Waals surface area contributed by atoms with Crippen LogP contribution in [0, 0.1) is 0 Å². The Morgan fingerprint density at radius 1 is 0.952 bits per heavy atom. The highest BCUT2D eigenvalue weighted by Gasteiger charge is 2.12. The molecule has 1 aliphatic heterocycles. The predicted molar refractivity (Wildman–Crippen MR) is 88.1 cm³/mol. The molecule has 2 heteroatoms. The second-order valence-electron chi connectivity index (χ2n) is 5.61. The molecule has 0 spiro atoms. The highest BCUT2D eigenvalue weighted by Crippen LogP contribution is 2.32. The summed E-state index contributed by atoms with van der Waals surface area (Å²) in [6, 6.07) is 17.0. The molecule has 0 fully saturated rings. The van der Waals surface area contributed by atoms with E-state index >= 15 is 0 Å². The van der Waals surface area contributed by atoms with Crippen LogP contribution in [-0.2, 0) is 12.8 Å². The van der Waals surface area contributed by atoms with E-state index in [2.05, 4.69) is 53.8 Å². The standard InChI is InChI=1S/C19H23NO/c1-2-8-16(9-3-1)10-4-5-15-21-18-13-6-11-17-12-7-14-20-19(17)18/h1-3,6,8-9,11,13,20H,4-5,7,10,12,14-15H2. The maximum Gasteiger partial charge on any atom is 0.142 e. The smallest absolute Gasteiger partial charge is 0.142 e. The van der Waals surface area contributed by atoms with E-state index in [4.69, 9.17) is 4.74 Å². The van der Waals surface area contributed by atoms with Crippen molar-refractivity contribution < 1.29 is 4.74 Å². The third-order valence-corrected chi connectivity index (χ3v) is 4.00. The Kier molecular flexibility index (Phi) is 4.78.